The second-order valence-electron chi connectivity index (χ2n) is 5.53. The molecule has 0 amide bonds. The second kappa shape index (κ2) is 6.23. The zero-order valence-electron chi connectivity index (χ0n) is 12.7. The summed E-state index contributed by atoms with van der Waals surface area (Å²) in [5.74, 6) is 0. The molecule has 1 aliphatic heterocycles. The van der Waals surface area contributed by atoms with Crippen molar-refractivity contribution < 1.29 is 5.11 Å². The maximum absolute atomic E-state index is 9.01. The number of aliphatic hydroxyl groups is 1. The molecular formula is C15H18N6OS. The first-order chi connectivity index (χ1) is 11.3. The van der Waals surface area contributed by atoms with Gasteiger partial charge in [-0.05, 0) is 12.1 Å². The van der Waals surface area contributed by atoms with E-state index in [0.717, 1.165) is 54.1 Å². The fraction of sp³-hybridized carbons (Fsp3) is 0.400. The van der Waals surface area contributed by atoms with E-state index in [1.165, 1.54) is 0 Å². The molecule has 3 aromatic heterocycles. The zero-order valence-corrected chi connectivity index (χ0v) is 13.5. The molecule has 0 unspecified atom stereocenters. The van der Waals surface area contributed by atoms with Gasteiger partial charge >= 0.3 is 0 Å². The first-order valence-corrected chi connectivity index (χ1v) is 8.50. The molecule has 8 heteroatoms. The lowest BCUT2D eigenvalue weighted by Crippen LogP contribution is -2.47. The summed E-state index contributed by atoms with van der Waals surface area (Å²) in [4.78, 5) is 14.2. The van der Waals surface area contributed by atoms with E-state index in [0.29, 0.717) is 0 Å². The Morgan fingerprint density at radius 3 is 2.78 bits per heavy atom. The van der Waals surface area contributed by atoms with Gasteiger partial charge in [-0.15, -0.1) is 5.10 Å². The van der Waals surface area contributed by atoms with Gasteiger partial charge in [-0.25, -0.2) is 9.50 Å². The highest BCUT2D eigenvalue weighted by Crippen LogP contribution is 2.26. The molecule has 0 aliphatic carbocycles. The minimum atomic E-state index is 0.224. The molecule has 1 N–H and O–H groups in total. The minimum absolute atomic E-state index is 0.224. The molecule has 120 valence electrons. The van der Waals surface area contributed by atoms with Gasteiger partial charge in [-0.3, -0.25) is 9.88 Å². The van der Waals surface area contributed by atoms with E-state index >= 15 is 0 Å². The summed E-state index contributed by atoms with van der Waals surface area (Å²) in [5.41, 5.74) is 1.90. The van der Waals surface area contributed by atoms with E-state index in [2.05, 4.69) is 24.9 Å². The lowest BCUT2D eigenvalue weighted by Gasteiger charge is -2.33. The number of nitrogens with zero attached hydrogens (tertiary/aromatic N) is 6. The van der Waals surface area contributed by atoms with Gasteiger partial charge in [0, 0.05) is 50.7 Å². The van der Waals surface area contributed by atoms with Crippen LogP contribution in [0.15, 0.2) is 30.7 Å². The van der Waals surface area contributed by atoms with Gasteiger partial charge in [0.1, 0.15) is 0 Å². The Labute approximate surface area is 137 Å². The molecular weight excluding hydrogens is 312 g/mol. The summed E-state index contributed by atoms with van der Waals surface area (Å²) < 4.78 is 1.85. The molecule has 4 heterocycles. The van der Waals surface area contributed by atoms with Crippen molar-refractivity contribution in [3.8, 4) is 11.3 Å². The van der Waals surface area contributed by atoms with Crippen LogP contribution < -0.4 is 4.90 Å². The van der Waals surface area contributed by atoms with Crippen LogP contribution in [0.2, 0.25) is 0 Å². The average Bonchev–Trinajstić information content (AvgIpc) is 3.16. The number of β-amino-alcohol motifs (C(OH)–C–C–N with tert-alkyl or cyclic N) is 1. The van der Waals surface area contributed by atoms with Crippen molar-refractivity contribution in [2.45, 2.75) is 0 Å². The Morgan fingerprint density at radius 1 is 1.22 bits per heavy atom. The van der Waals surface area contributed by atoms with Gasteiger partial charge in [-0.1, -0.05) is 11.3 Å². The number of pyridine rings is 1. The lowest BCUT2D eigenvalue weighted by molar-refractivity contribution is 0.188. The standard InChI is InChI=1S/C15H18N6OS/c22-9-8-19-4-6-20(7-5-19)15-18-21-11-13(17-14(21)23-15)12-2-1-3-16-10-12/h1-3,10-11,22H,4-9H2. The highest BCUT2D eigenvalue weighted by atomic mass is 32.1. The third-order valence-electron chi connectivity index (χ3n) is 4.05. The molecule has 3 aromatic rings. The molecule has 0 bridgehead atoms. The molecule has 1 fully saturated rings. The van der Waals surface area contributed by atoms with Crippen LogP contribution in [0, 0.1) is 0 Å². The van der Waals surface area contributed by atoms with E-state index in [1.807, 2.05) is 29.0 Å². The van der Waals surface area contributed by atoms with Gasteiger partial charge in [0.15, 0.2) is 0 Å². The van der Waals surface area contributed by atoms with Crippen molar-refractivity contribution in [2.24, 2.45) is 0 Å². The van der Waals surface area contributed by atoms with Crippen LogP contribution in [-0.4, -0.2) is 68.9 Å². The molecule has 0 spiro atoms. The van der Waals surface area contributed by atoms with Gasteiger partial charge in [-0.2, -0.15) is 0 Å². The van der Waals surface area contributed by atoms with E-state index < -0.39 is 0 Å². The van der Waals surface area contributed by atoms with Crippen LogP contribution in [0.5, 0.6) is 0 Å². The van der Waals surface area contributed by atoms with Crippen LogP contribution in [0.1, 0.15) is 0 Å². The Morgan fingerprint density at radius 2 is 2.09 bits per heavy atom. The van der Waals surface area contributed by atoms with Crippen molar-refractivity contribution in [2.75, 3.05) is 44.2 Å². The van der Waals surface area contributed by atoms with Gasteiger partial charge in [0.25, 0.3) is 0 Å². The smallest absolute Gasteiger partial charge is 0.214 e. The molecule has 4 rings (SSSR count). The number of hydrogen-bond acceptors (Lipinski definition) is 7. The summed E-state index contributed by atoms with van der Waals surface area (Å²) in [6, 6.07) is 3.91. The maximum atomic E-state index is 9.01. The van der Waals surface area contributed by atoms with Crippen LogP contribution in [0.3, 0.4) is 0 Å². The molecule has 1 saturated heterocycles. The summed E-state index contributed by atoms with van der Waals surface area (Å²) in [7, 11) is 0. The van der Waals surface area contributed by atoms with Crippen LogP contribution in [0.4, 0.5) is 5.13 Å². The first-order valence-electron chi connectivity index (χ1n) is 7.68. The van der Waals surface area contributed by atoms with Crippen molar-refractivity contribution >= 4 is 21.4 Å². The number of imidazole rings is 1. The van der Waals surface area contributed by atoms with E-state index in [-0.39, 0.29) is 6.61 Å². The Kier molecular flexibility index (Phi) is 3.94. The number of hydrogen-bond donors (Lipinski definition) is 1. The molecule has 0 atom stereocenters. The van der Waals surface area contributed by atoms with Crippen molar-refractivity contribution in [3.05, 3.63) is 30.7 Å². The summed E-state index contributed by atoms with van der Waals surface area (Å²) in [6.45, 7) is 4.77. The number of aromatic nitrogens is 4. The monoisotopic (exact) mass is 330 g/mol. The zero-order chi connectivity index (χ0) is 15.6. The molecule has 23 heavy (non-hydrogen) atoms. The SMILES string of the molecule is OCCN1CCN(c2nn3cc(-c4cccnc4)nc3s2)CC1. The van der Waals surface area contributed by atoms with E-state index in [1.54, 1.807) is 17.5 Å². The van der Waals surface area contributed by atoms with Gasteiger partial charge in [0.2, 0.25) is 10.1 Å². The third kappa shape index (κ3) is 2.92. The molecule has 0 aromatic carbocycles. The fourth-order valence-electron chi connectivity index (χ4n) is 2.77. The van der Waals surface area contributed by atoms with Crippen molar-refractivity contribution in [1.82, 2.24) is 24.5 Å². The molecule has 1 aliphatic rings. The van der Waals surface area contributed by atoms with Crippen LogP contribution in [0.25, 0.3) is 16.2 Å². The predicted molar refractivity (Wildman–Crippen MR) is 89.8 cm³/mol. The van der Waals surface area contributed by atoms with Crippen LogP contribution >= 0.6 is 11.3 Å². The van der Waals surface area contributed by atoms with Crippen molar-refractivity contribution in [3.63, 3.8) is 0 Å². The molecule has 7 nitrogen and oxygen atoms in total. The second-order valence-corrected chi connectivity index (χ2v) is 6.47. The fourth-order valence-corrected chi connectivity index (χ4v) is 3.71. The maximum Gasteiger partial charge on any atom is 0.214 e. The largest absolute Gasteiger partial charge is 0.395 e. The highest BCUT2D eigenvalue weighted by Gasteiger charge is 2.20. The van der Waals surface area contributed by atoms with Gasteiger partial charge < -0.3 is 10.0 Å². The molecule has 0 radical (unpaired) electrons. The summed E-state index contributed by atoms with van der Waals surface area (Å²) >= 11 is 1.61. The van der Waals surface area contributed by atoms with Crippen molar-refractivity contribution in [1.29, 1.82) is 0 Å². The van der Waals surface area contributed by atoms with E-state index in [4.69, 9.17) is 5.11 Å². The predicted octanol–water partition coefficient (Wildman–Crippen LogP) is 0.967. The number of aliphatic hydroxyl groups excluding tert-OH is 1. The molecule has 0 saturated carbocycles. The first kappa shape index (κ1) is 14.6. The average molecular weight is 330 g/mol. The number of anilines is 1. The topological polar surface area (TPSA) is 69.8 Å². The summed E-state index contributed by atoms with van der Waals surface area (Å²) in [5, 5.41) is 14.7. The lowest BCUT2D eigenvalue weighted by atomic mass is 10.2. The van der Waals surface area contributed by atoms with E-state index in [9.17, 15) is 0 Å². The Bertz CT molecular complexity index is 746. The normalized spacial score (nSPS) is 16.3. The summed E-state index contributed by atoms with van der Waals surface area (Å²) in [6.07, 6.45) is 5.52. The highest BCUT2D eigenvalue weighted by molar-refractivity contribution is 7.20. The Balaban J connectivity index is 1.51. The number of piperazine rings is 1. The number of fused-ring (bicyclic) bond motifs is 1. The van der Waals surface area contributed by atoms with Gasteiger partial charge in [0.05, 0.1) is 18.5 Å². The minimum Gasteiger partial charge on any atom is -0.395 e. The Hall–Kier alpha value is -2.03. The van der Waals surface area contributed by atoms with Crippen LogP contribution in [-0.2, 0) is 0 Å². The third-order valence-corrected chi connectivity index (χ3v) is 5.03. The quantitative estimate of drug-likeness (QED) is 0.769. The number of rotatable bonds is 4.